The number of ether oxygens (including phenoxy) is 3. The molecule has 1 N–H and O–H groups in total. The van der Waals surface area contributed by atoms with Gasteiger partial charge in [-0.15, -0.1) is 0 Å². The van der Waals surface area contributed by atoms with Crippen molar-refractivity contribution >= 4 is 11.8 Å². The van der Waals surface area contributed by atoms with Crippen LogP contribution in [0.15, 0.2) is 83.4 Å². The number of aromatic nitrogens is 1. The van der Waals surface area contributed by atoms with Crippen molar-refractivity contribution in [3.8, 4) is 17.2 Å². The first kappa shape index (κ1) is 23.9. The quantitative estimate of drug-likeness (QED) is 0.368. The molecule has 0 radical (unpaired) electrons. The Morgan fingerprint density at radius 1 is 0.919 bits per heavy atom. The van der Waals surface area contributed by atoms with E-state index in [-0.39, 0.29) is 37.4 Å². The number of carbonyl (C=O) groups excluding carboxylic acids is 2. The average molecular weight is 500 g/mol. The summed E-state index contributed by atoms with van der Waals surface area (Å²) in [7, 11) is 1.55. The molecule has 9 nitrogen and oxygen atoms in total. The molecule has 0 atom stereocenters. The standard InChI is InChI=1S/C28H25N3O6/c1-34-22-9-5-8-21(13-22)28(33)31(16-19-6-3-2-4-7-19)17-23-14-24(30-37-23)27(32)29-15-20-10-11-25-26(12-20)36-18-35-25/h2-14H,15-18H2,1H3,(H,29,32). The van der Waals surface area contributed by atoms with Crippen LogP contribution in [0.25, 0.3) is 0 Å². The number of methoxy groups -OCH3 is 1. The maximum absolute atomic E-state index is 13.4. The van der Waals surface area contributed by atoms with Gasteiger partial charge < -0.3 is 29.0 Å². The summed E-state index contributed by atoms with van der Waals surface area (Å²) < 4.78 is 21.4. The van der Waals surface area contributed by atoms with Crippen molar-refractivity contribution in [2.24, 2.45) is 0 Å². The summed E-state index contributed by atoms with van der Waals surface area (Å²) >= 11 is 0. The summed E-state index contributed by atoms with van der Waals surface area (Å²) in [5, 5.41) is 6.74. The molecule has 0 aliphatic carbocycles. The second-order valence-electron chi connectivity index (χ2n) is 8.43. The van der Waals surface area contributed by atoms with Gasteiger partial charge in [0.15, 0.2) is 23.0 Å². The highest BCUT2D eigenvalue weighted by molar-refractivity contribution is 5.94. The van der Waals surface area contributed by atoms with Crippen LogP contribution in [-0.4, -0.2) is 35.8 Å². The predicted molar refractivity (Wildman–Crippen MR) is 133 cm³/mol. The Hall–Kier alpha value is -4.79. The van der Waals surface area contributed by atoms with Crippen LogP contribution in [0, 0.1) is 0 Å². The Morgan fingerprint density at radius 3 is 2.59 bits per heavy atom. The fourth-order valence-electron chi connectivity index (χ4n) is 3.95. The molecule has 9 heteroatoms. The zero-order valence-electron chi connectivity index (χ0n) is 20.2. The smallest absolute Gasteiger partial charge is 0.273 e. The van der Waals surface area contributed by atoms with Gasteiger partial charge in [0.1, 0.15) is 5.75 Å². The number of amides is 2. The van der Waals surface area contributed by atoms with Crippen molar-refractivity contribution < 1.29 is 28.3 Å². The molecule has 5 rings (SSSR count). The van der Waals surface area contributed by atoms with Crippen molar-refractivity contribution in [3.63, 3.8) is 0 Å². The van der Waals surface area contributed by atoms with E-state index in [0.29, 0.717) is 35.1 Å². The highest BCUT2D eigenvalue weighted by atomic mass is 16.7. The van der Waals surface area contributed by atoms with Crippen molar-refractivity contribution in [1.82, 2.24) is 15.4 Å². The predicted octanol–water partition coefficient (Wildman–Crippen LogP) is 4.18. The third-order valence-corrected chi connectivity index (χ3v) is 5.85. The van der Waals surface area contributed by atoms with E-state index < -0.39 is 0 Å². The normalized spacial score (nSPS) is 11.7. The number of hydrogen-bond acceptors (Lipinski definition) is 7. The molecule has 1 aliphatic rings. The molecule has 1 aliphatic heterocycles. The second kappa shape index (κ2) is 10.9. The first-order valence-corrected chi connectivity index (χ1v) is 11.7. The number of hydrogen-bond donors (Lipinski definition) is 1. The molecule has 0 saturated carbocycles. The number of nitrogens with one attached hydrogen (secondary N) is 1. The van der Waals surface area contributed by atoms with Crippen molar-refractivity contribution in [2.45, 2.75) is 19.6 Å². The van der Waals surface area contributed by atoms with Crippen LogP contribution in [0.3, 0.4) is 0 Å². The Kier molecular flexibility index (Phi) is 7.02. The van der Waals surface area contributed by atoms with E-state index in [2.05, 4.69) is 10.5 Å². The molecule has 4 aromatic rings. The second-order valence-corrected chi connectivity index (χ2v) is 8.43. The van der Waals surface area contributed by atoms with Crippen LogP contribution < -0.4 is 19.5 Å². The van der Waals surface area contributed by atoms with E-state index in [1.165, 1.54) is 0 Å². The lowest BCUT2D eigenvalue weighted by Gasteiger charge is -2.22. The van der Waals surface area contributed by atoms with Crippen LogP contribution in [0.4, 0.5) is 0 Å². The van der Waals surface area contributed by atoms with Gasteiger partial charge in [-0.05, 0) is 41.5 Å². The zero-order chi connectivity index (χ0) is 25.6. The van der Waals surface area contributed by atoms with Crippen LogP contribution in [-0.2, 0) is 19.6 Å². The van der Waals surface area contributed by atoms with Gasteiger partial charge >= 0.3 is 0 Å². The van der Waals surface area contributed by atoms with Gasteiger partial charge in [0, 0.05) is 24.7 Å². The molecule has 0 bridgehead atoms. The molecule has 3 aromatic carbocycles. The SMILES string of the molecule is COc1cccc(C(=O)N(Cc2ccccc2)Cc2cc(C(=O)NCc3ccc4c(c3)OCO4)no2)c1. The largest absolute Gasteiger partial charge is 0.497 e. The minimum absolute atomic E-state index is 0.129. The van der Waals surface area contributed by atoms with Gasteiger partial charge in [-0.2, -0.15) is 0 Å². The van der Waals surface area contributed by atoms with E-state index in [1.807, 2.05) is 42.5 Å². The zero-order valence-corrected chi connectivity index (χ0v) is 20.2. The summed E-state index contributed by atoms with van der Waals surface area (Å²) in [6, 6.07) is 23.6. The highest BCUT2D eigenvalue weighted by Crippen LogP contribution is 2.32. The van der Waals surface area contributed by atoms with Gasteiger partial charge in [0.2, 0.25) is 6.79 Å². The molecular weight excluding hydrogens is 474 g/mol. The minimum atomic E-state index is -0.388. The first-order chi connectivity index (χ1) is 18.1. The lowest BCUT2D eigenvalue weighted by atomic mass is 10.1. The monoisotopic (exact) mass is 499 g/mol. The lowest BCUT2D eigenvalue weighted by Crippen LogP contribution is -2.30. The number of nitrogens with zero attached hydrogens (tertiary/aromatic N) is 2. The van der Waals surface area contributed by atoms with Crippen LogP contribution in [0.2, 0.25) is 0 Å². The molecule has 2 amide bonds. The Bertz CT molecular complexity index is 1400. The van der Waals surface area contributed by atoms with E-state index in [0.717, 1.165) is 11.1 Å². The number of carbonyl (C=O) groups is 2. The molecule has 188 valence electrons. The fourth-order valence-corrected chi connectivity index (χ4v) is 3.95. The molecule has 0 spiro atoms. The van der Waals surface area contributed by atoms with Gasteiger partial charge in [-0.3, -0.25) is 9.59 Å². The van der Waals surface area contributed by atoms with E-state index >= 15 is 0 Å². The molecule has 0 saturated heterocycles. The maximum Gasteiger partial charge on any atom is 0.273 e. The van der Waals surface area contributed by atoms with Crippen molar-refractivity contribution in [2.75, 3.05) is 13.9 Å². The van der Waals surface area contributed by atoms with E-state index in [9.17, 15) is 9.59 Å². The Balaban J connectivity index is 1.28. The number of fused-ring (bicyclic) bond motifs is 1. The Labute approximate surface area is 213 Å². The summed E-state index contributed by atoms with van der Waals surface area (Å²) in [5.41, 5.74) is 2.43. The molecule has 2 heterocycles. The van der Waals surface area contributed by atoms with Crippen molar-refractivity contribution in [1.29, 1.82) is 0 Å². The van der Waals surface area contributed by atoms with Gasteiger partial charge in [-0.1, -0.05) is 47.6 Å². The maximum atomic E-state index is 13.4. The van der Waals surface area contributed by atoms with E-state index in [4.69, 9.17) is 18.7 Å². The van der Waals surface area contributed by atoms with Crippen molar-refractivity contribution in [3.05, 3.63) is 107 Å². The molecule has 0 unspecified atom stereocenters. The third-order valence-electron chi connectivity index (χ3n) is 5.85. The fraction of sp³-hybridized carbons (Fsp3) is 0.179. The first-order valence-electron chi connectivity index (χ1n) is 11.7. The topological polar surface area (TPSA) is 103 Å². The van der Waals surface area contributed by atoms with Crippen LogP contribution in [0.1, 0.15) is 37.7 Å². The molecular formula is C28H25N3O6. The Morgan fingerprint density at radius 2 is 1.76 bits per heavy atom. The lowest BCUT2D eigenvalue weighted by molar-refractivity contribution is 0.0712. The van der Waals surface area contributed by atoms with Gasteiger partial charge in [-0.25, -0.2) is 0 Å². The average Bonchev–Trinajstić information content (AvgIpc) is 3.61. The highest BCUT2D eigenvalue weighted by Gasteiger charge is 2.21. The summed E-state index contributed by atoms with van der Waals surface area (Å²) in [4.78, 5) is 27.7. The summed E-state index contributed by atoms with van der Waals surface area (Å²) in [6.45, 7) is 0.956. The minimum Gasteiger partial charge on any atom is -0.497 e. The third kappa shape index (κ3) is 5.72. The van der Waals surface area contributed by atoms with Crippen LogP contribution in [0.5, 0.6) is 17.2 Å². The van der Waals surface area contributed by atoms with Gasteiger partial charge in [0.25, 0.3) is 11.8 Å². The number of rotatable bonds is 9. The molecule has 1 aromatic heterocycles. The van der Waals surface area contributed by atoms with Crippen LogP contribution >= 0.6 is 0 Å². The van der Waals surface area contributed by atoms with Gasteiger partial charge in [0.05, 0.1) is 13.7 Å². The summed E-state index contributed by atoms with van der Waals surface area (Å²) in [6.07, 6.45) is 0. The number of benzene rings is 3. The summed E-state index contributed by atoms with van der Waals surface area (Å²) in [5.74, 6) is 1.72. The van der Waals surface area contributed by atoms with E-state index in [1.54, 1.807) is 48.4 Å². The molecule has 37 heavy (non-hydrogen) atoms. The molecule has 0 fully saturated rings.